The molecular weight excluding hydrogens is 354 g/mol. The number of sulfonamides is 1. The van der Waals surface area contributed by atoms with E-state index in [2.05, 4.69) is 20.3 Å². The molecule has 2 rings (SSSR count). The van der Waals surface area contributed by atoms with Crippen LogP contribution < -0.4 is 5.32 Å². The fraction of sp³-hybridized carbons (Fsp3) is 0.692. The number of amides is 2. The van der Waals surface area contributed by atoms with E-state index < -0.39 is 33.9 Å². The second kappa shape index (κ2) is 7.45. The number of β-amino-alcohol motifs (C(OH)–C–C–N with tert-alkyl or cyclic N) is 1. The lowest BCUT2D eigenvalue weighted by Crippen LogP contribution is -2.40. The van der Waals surface area contributed by atoms with E-state index in [1.807, 2.05) is 0 Å². The Morgan fingerprint density at radius 2 is 2.04 bits per heavy atom. The molecule has 0 unspecified atom stereocenters. The van der Waals surface area contributed by atoms with Gasteiger partial charge in [0.1, 0.15) is 5.69 Å². The lowest BCUT2D eigenvalue weighted by molar-refractivity contribution is -0.129. The third-order valence-electron chi connectivity index (χ3n) is 4.01. The maximum absolute atomic E-state index is 12.2. The Morgan fingerprint density at radius 3 is 2.60 bits per heavy atom. The van der Waals surface area contributed by atoms with Gasteiger partial charge in [0.25, 0.3) is 5.91 Å². The number of carbonyl (C=O) groups excluding carboxylic acids is 2. The molecule has 2 heterocycles. The van der Waals surface area contributed by atoms with Gasteiger partial charge in [-0.25, -0.2) is 17.4 Å². The van der Waals surface area contributed by atoms with E-state index >= 15 is 0 Å². The summed E-state index contributed by atoms with van der Waals surface area (Å²) < 4.78 is 29.3. The molecule has 1 aliphatic heterocycles. The molecule has 2 amide bonds. The minimum atomic E-state index is -3.48. The summed E-state index contributed by atoms with van der Waals surface area (Å²) in [4.78, 5) is 25.4. The first-order valence-electron chi connectivity index (χ1n) is 7.55. The Balaban J connectivity index is 1.89. The number of nitrogens with zero attached hydrogens (tertiary/aromatic N) is 4. The summed E-state index contributed by atoms with van der Waals surface area (Å²) in [6.07, 6.45) is -0.934. The molecule has 1 aliphatic rings. The molecule has 0 aromatic carbocycles. The van der Waals surface area contributed by atoms with Crippen LogP contribution in [0.25, 0.3) is 0 Å². The number of aromatic nitrogens is 2. The number of aryl methyl sites for hydroxylation is 1. The number of nitrogens with one attached hydrogen (secondary N) is 1. The number of hydrogen-bond acceptors (Lipinski definition) is 8. The maximum Gasteiger partial charge on any atom is 0.275 e. The van der Waals surface area contributed by atoms with E-state index in [0.717, 1.165) is 4.31 Å². The van der Waals surface area contributed by atoms with Gasteiger partial charge in [-0.15, -0.1) is 0 Å². The van der Waals surface area contributed by atoms with Gasteiger partial charge in [0.2, 0.25) is 15.9 Å². The molecule has 12 heteroatoms. The van der Waals surface area contributed by atoms with E-state index in [4.69, 9.17) is 0 Å². The smallest absolute Gasteiger partial charge is 0.275 e. The van der Waals surface area contributed by atoms with Crippen LogP contribution in [0.1, 0.15) is 16.2 Å². The quantitative estimate of drug-likeness (QED) is 0.570. The fourth-order valence-electron chi connectivity index (χ4n) is 2.43. The number of aliphatic hydroxyl groups is 1. The van der Waals surface area contributed by atoms with Gasteiger partial charge >= 0.3 is 0 Å². The van der Waals surface area contributed by atoms with Crippen molar-refractivity contribution in [3.8, 4) is 0 Å². The van der Waals surface area contributed by atoms with Crippen LogP contribution in [0.15, 0.2) is 4.63 Å². The molecular formula is C13H21N5O6S. The van der Waals surface area contributed by atoms with Gasteiger partial charge in [-0.05, 0) is 12.1 Å². The minimum Gasteiger partial charge on any atom is -0.391 e. The van der Waals surface area contributed by atoms with Crippen LogP contribution in [0.2, 0.25) is 0 Å². The highest BCUT2D eigenvalue weighted by molar-refractivity contribution is 7.89. The van der Waals surface area contributed by atoms with Gasteiger partial charge in [0.15, 0.2) is 5.69 Å². The molecule has 1 fully saturated rings. The summed E-state index contributed by atoms with van der Waals surface area (Å²) in [5.41, 5.74) is 0.291. The van der Waals surface area contributed by atoms with Gasteiger partial charge < -0.3 is 15.3 Å². The van der Waals surface area contributed by atoms with Crippen molar-refractivity contribution in [1.82, 2.24) is 24.8 Å². The molecule has 0 aliphatic carbocycles. The van der Waals surface area contributed by atoms with Crippen molar-refractivity contribution >= 4 is 21.8 Å². The third kappa shape index (κ3) is 4.52. The summed E-state index contributed by atoms with van der Waals surface area (Å²) in [5, 5.41) is 19.3. The minimum absolute atomic E-state index is 0.00999. The van der Waals surface area contributed by atoms with Gasteiger partial charge in [-0.3, -0.25) is 9.59 Å². The molecule has 1 aromatic rings. The van der Waals surface area contributed by atoms with Crippen LogP contribution in [-0.4, -0.2) is 90.4 Å². The standard InChI is InChI=1S/C13H21N5O6S/c1-8-12(16-24-15-8)13(21)14-4-11(20)18-5-9(10(19)6-18)7-25(22,23)17(2)3/h9-10,19H,4-7H2,1-3H3,(H,14,21)/t9-,10+/m0/s1. The van der Waals surface area contributed by atoms with Gasteiger partial charge in [-0.2, -0.15) is 0 Å². The van der Waals surface area contributed by atoms with Gasteiger partial charge in [-0.1, -0.05) is 5.16 Å². The second-order valence-electron chi connectivity index (χ2n) is 6.07. The van der Waals surface area contributed by atoms with E-state index in [0.29, 0.717) is 5.69 Å². The van der Waals surface area contributed by atoms with Crippen LogP contribution in [0, 0.1) is 12.8 Å². The Bertz CT molecular complexity index is 746. The lowest BCUT2D eigenvalue weighted by Gasteiger charge is -2.18. The summed E-state index contributed by atoms with van der Waals surface area (Å²) in [7, 11) is -0.659. The topological polar surface area (TPSA) is 146 Å². The van der Waals surface area contributed by atoms with Gasteiger partial charge in [0, 0.05) is 33.1 Å². The van der Waals surface area contributed by atoms with Crippen molar-refractivity contribution in [2.24, 2.45) is 5.92 Å². The number of hydrogen-bond donors (Lipinski definition) is 2. The number of carbonyl (C=O) groups is 2. The number of likely N-dealkylation sites (tertiary alicyclic amines) is 1. The van der Waals surface area contributed by atoms with Gasteiger partial charge in [0.05, 0.1) is 18.4 Å². The summed E-state index contributed by atoms with van der Waals surface area (Å²) in [6, 6.07) is 0. The Morgan fingerprint density at radius 1 is 1.36 bits per heavy atom. The average molecular weight is 375 g/mol. The van der Waals surface area contributed by atoms with E-state index in [9.17, 15) is 23.1 Å². The Labute approximate surface area is 145 Å². The van der Waals surface area contributed by atoms with Crippen LogP contribution in [0.3, 0.4) is 0 Å². The van der Waals surface area contributed by atoms with E-state index in [-0.39, 0.29) is 31.1 Å². The fourth-order valence-corrected chi connectivity index (χ4v) is 3.60. The lowest BCUT2D eigenvalue weighted by atomic mass is 10.1. The van der Waals surface area contributed by atoms with Crippen molar-refractivity contribution < 1.29 is 27.7 Å². The predicted molar refractivity (Wildman–Crippen MR) is 84.9 cm³/mol. The average Bonchev–Trinajstić information content (AvgIpc) is 3.10. The van der Waals surface area contributed by atoms with Crippen molar-refractivity contribution in [3.05, 3.63) is 11.4 Å². The molecule has 0 radical (unpaired) electrons. The Kier molecular flexibility index (Phi) is 5.75. The molecule has 2 atom stereocenters. The SMILES string of the molecule is Cc1nonc1C(=O)NCC(=O)N1C[C@@H](CS(=O)(=O)N(C)C)[C@H](O)C1. The molecule has 0 saturated carbocycles. The van der Waals surface area contributed by atoms with Crippen molar-refractivity contribution in [2.75, 3.05) is 39.5 Å². The van der Waals surface area contributed by atoms with Crippen LogP contribution in [-0.2, 0) is 14.8 Å². The highest BCUT2D eigenvalue weighted by Crippen LogP contribution is 2.19. The summed E-state index contributed by atoms with van der Waals surface area (Å²) in [5.74, 6) is -1.85. The van der Waals surface area contributed by atoms with E-state index in [1.54, 1.807) is 6.92 Å². The highest BCUT2D eigenvalue weighted by atomic mass is 32.2. The first-order valence-corrected chi connectivity index (χ1v) is 9.16. The first-order chi connectivity index (χ1) is 11.6. The number of aliphatic hydroxyl groups excluding tert-OH is 1. The zero-order valence-electron chi connectivity index (χ0n) is 14.2. The highest BCUT2D eigenvalue weighted by Gasteiger charge is 2.37. The third-order valence-corrected chi connectivity index (χ3v) is 5.97. The zero-order chi connectivity index (χ0) is 18.8. The molecule has 1 saturated heterocycles. The van der Waals surface area contributed by atoms with Crippen molar-refractivity contribution in [3.63, 3.8) is 0 Å². The predicted octanol–water partition coefficient (Wildman–Crippen LogP) is -2.18. The molecule has 0 spiro atoms. The molecule has 11 nitrogen and oxygen atoms in total. The van der Waals surface area contributed by atoms with Crippen LogP contribution in [0.5, 0.6) is 0 Å². The van der Waals surface area contributed by atoms with Crippen LogP contribution >= 0.6 is 0 Å². The molecule has 0 bridgehead atoms. The molecule has 1 aromatic heterocycles. The number of rotatable bonds is 6. The Hall–Kier alpha value is -2.05. The van der Waals surface area contributed by atoms with Crippen molar-refractivity contribution in [2.45, 2.75) is 13.0 Å². The maximum atomic E-state index is 12.2. The summed E-state index contributed by atoms with van der Waals surface area (Å²) >= 11 is 0. The molecule has 25 heavy (non-hydrogen) atoms. The summed E-state index contributed by atoms with van der Waals surface area (Å²) in [6.45, 7) is 1.37. The monoisotopic (exact) mass is 375 g/mol. The second-order valence-corrected chi connectivity index (χ2v) is 8.30. The zero-order valence-corrected chi connectivity index (χ0v) is 15.0. The first kappa shape index (κ1) is 19.3. The van der Waals surface area contributed by atoms with E-state index in [1.165, 1.54) is 19.0 Å². The largest absolute Gasteiger partial charge is 0.391 e. The molecule has 2 N–H and O–H groups in total. The normalized spacial score (nSPS) is 20.9. The molecule has 140 valence electrons. The van der Waals surface area contributed by atoms with Crippen LogP contribution in [0.4, 0.5) is 0 Å². The van der Waals surface area contributed by atoms with Crippen molar-refractivity contribution in [1.29, 1.82) is 0 Å².